The third-order valence-corrected chi connectivity index (χ3v) is 7.36. The number of aliphatic hydroxyl groups excluding tert-OH is 1. The predicted octanol–water partition coefficient (Wildman–Crippen LogP) is 3.06. The van der Waals surface area contributed by atoms with Gasteiger partial charge >= 0.3 is 12.1 Å². The number of nitrogens with zero attached hydrogens (tertiary/aromatic N) is 3. The van der Waals surface area contributed by atoms with E-state index in [2.05, 4.69) is 0 Å². The van der Waals surface area contributed by atoms with E-state index >= 15 is 0 Å². The molecular formula is C27H40N4O6. The Kier molecular flexibility index (Phi) is 8.40. The molecule has 3 aliphatic rings. The number of nitrogens with two attached hydrogens (primary N) is 1. The Morgan fingerprint density at radius 3 is 2.43 bits per heavy atom. The van der Waals surface area contributed by atoms with Gasteiger partial charge in [0, 0.05) is 19.0 Å². The van der Waals surface area contributed by atoms with Gasteiger partial charge in [-0.25, -0.2) is 25.3 Å². The van der Waals surface area contributed by atoms with Crippen LogP contribution in [-0.4, -0.2) is 69.6 Å². The minimum atomic E-state index is -1.56. The van der Waals surface area contributed by atoms with Crippen molar-refractivity contribution in [3.05, 3.63) is 29.8 Å². The number of carbonyl (C=O) groups excluding carboxylic acids is 3. The predicted molar refractivity (Wildman–Crippen MR) is 137 cm³/mol. The summed E-state index contributed by atoms with van der Waals surface area (Å²) >= 11 is 0. The summed E-state index contributed by atoms with van der Waals surface area (Å²) in [6, 6.07) is 5.80. The fourth-order valence-electron chi connectivity index (χ4n) is 5.57. The molecule has 10 nitrogen and oxygen atoms in total. The maximum absolute atomic E-state index is 13.9. The van der Waals surface area contributed by atoms with Gasteiger partial charge in [-0.2, -0.15) is 0 Å². The molecule has 3 unspecified atom stereocenters. The summed E-state index contributed by atoms with van der Waals surface area (Å²) in [6.07, 6.45) is 3.89. The number of aliphatic hydroxyl groups is 1. The molecule has 2 heterocycles. The Labute approximate surface area is 218 Å². The van der Waals surface area contributed by atoms with Crippen LogP contribution in [0.5, 0.6) is 0 Å². The van der Waals surface area contributed by atoms with Gasteiger partial charge in [-0.3, -0.25) is 9.69 Å². The van der Waals surface area contributed by atoms with E-state index in [-0.39, 0.29) is 12.5 Å². The number of para-hydroxylation sites is 1. The Morgan fingerprint density at radius 1 is 1.08 bits per heavy atom. The minimum Gasteiger partial charge on any atom is -0.445 e. The molecule has 0 aromatic heterocycles. The molecule has 0 spiro atoms. The van der Waals surface area contributed by atoms with E-state index < -0.39 is 42.1 Å². The van der Waals surface area contributed by atoms with E-state index in [0.29, 0.717) is 30.6 Å². The molecule has 204 valence electrons. The van der Waals surface area contributed by atoms with Gasteiger partial charge in [-0.1, -0.05) is 43.9 Å². The van der Waals surface area contributed by atoms with E-state index in [9.17, 15) is 19.5 Å². The van der Waals surface area contributed by atoms with Gasteiger partial charge in [-0.05, 0) is 58.1 Å². The van der Waals surface area contributed by atoms with E-state index in [0.717, 1.165) is 43.5 Å². The number of hydrogen-bond acceptors (Lipinski definition) is 8. The molecule has 1 aromatic rings. The number of hydrogen-bond donors (Lipinski definition) is 2. The molecule has 1 aliphatic carbocycles. The quantitative estimate of drug-likeness (QED) is 0.266. The lowest BCUT2D eigenvalue weighted by Gasteiger charge is -2.38. The molecule has 0 radical (unpaired) electrons. The van der Waals surface area contributed by atoms with Crippen LogP contribution < -0.4 is 10.9 Å². The summed E-state index contributed by atoms with van der Waals surface area (Å²) in [5, 5.41) is 11.8. The molecule has 3 atom stereocenters. The van der Waals surface area contributed by atoms with Crippen LogP contribution in [0.3, 0.4) is 0 Å². The van der Waals surface area contributed by atoms with Gasteiger partial charge < -0.3 is 14.6 Å². The van der Waals surface area contributed by atoms with Gasteiger partial charge in [0.2, 0.25) is 0 Å². The lowest BCUT2D eigenvalue weighted by Crippen LogP contribution is -2.55. The summed E-state index contributed by atoms with van der Waals surface area (Å²) in [5.74, 6) is 4.95. The summed E-state index contributed by atoms with van der Waals surface area (Å²) in [5.41, 5.74) is 0.214. The zero-order valence-corrected chi connectivity index (χ0v) is 22.1. The lowest BCUT2D eigenvalue weighted by atomic mass is 9.98. The van der Waals surface area contributed by atoms with Crippen molar-refractivity contribution < 1.29 is 29.0 Å². The molecule has 10 heteroatoms. The van der Waals surface area contributed by atoms with Crippen LogP contribution in [0.15, 0.2) is 24.3 Å². The third-order valence-electron chi connectivity index (χ3n) is 7.36. The molecular weight excluding hydrogens is 476 g/mol. The SMILES string of the molecule is CC(C)(C)OC(=O)N(C1CCCCCC1)C1Cc2ccccc2N(N)C(=O)C(O)N2CCCC2OC1=O. The molecule has 4 rings (SSSR count). The van der Waals surface area contributed by atoms with Crippen LogP contribution in [0.1, 0.15) is 77.7 Å². The number of esters is 1. The van der Waals surface area contributed by atoms with Crippen LogP contribution in [-0.2, 0) is 25.5 Å². The van der Waals surface area contributed by atoms with Crippen molar-refractivity contribution in [2.75, 3.05) is 11.6 Å². The molecule has 1 saturated heterocycles. The second-order valence-electron chi connectivity index (χ2n) is 11.2. The largest absolute Gasteiger partial charge is 0.445 e. The first-order chi connectivity index (χ1) is 17.6. The summed E-state index contributed by atoms with van der Waals surface area (Å²) in [7, 11) is 0. The number of hydrazine groups is 1. The van der Waals surface area contributed by atoms with Crippen molar-refractivity contribution in [2.45, 2.75) is 109 Å². The van der Waals surface area contributed by atoms with Crippen LogP contribution in [0.25, 0.3) is 0 Å². The molecule has 0 bridgehead atoms. The maximum atomic E-state index is 13.9. The molecule has 1 saturated carbocycles. The first-order valence-electron chi connectivity index (χ1n) is 13.4. The highest BCUT2D eigenvalue weighted by Crippen LogP contribution is 2.31. The van der Waals surface area contributed by atoms with Crippen molar-refractivity contribution >= 4 is 23.7 Å². The highest BCUT2D eigenvalue weighted by Gasteiger charge is 2.44. The van der Waals surface area contributed by atoms with Crippen molar-refractivity contribution in [2.24, 2.45) is 5.84 Å². The van der Waals surface area contributed by atoms with E-state index in [1.807, 2.05) is 0 Å². The topological polar surface area (TPSA) is 126 Å². The van der Waals surface area contributed by atoms with Crippen LogP contribution in [0, 0.1) is 0 Å². The van der Waals surface area contributed by atoms with Gasteiger partial charge in [0.25, 0.3) is 5.91 Å². The van der Waals surface area contributed by atoms with Gasteiger partial charge in [0.1, 0.15) is 11.6 Å². The Bertz CT molecular complexity index is 987. The first kappa shape index (κ1) is 27.3. The number of ether oxygens (including phenoxy) is 2. The average Bonchev–Trinajstić information content (AvgIpc) is 3.13. The minimum absolute atomic E-state index is 0.0918. The van der Waals surface area contributed by atoms with Gasteiger partial charge in [-0.15, -0.1) is 0 Å². The third kappa shape index (κ3) is 6.25. The first-order valence-corrected chi connectivity index (χ1v) is 13.4. The van der Waals surface area contributed by atoms with Crippen molar-refractivity contribution in [1.29, 1.82) is 0 Å². The average molecular weight is 517 g/mol. The van der Waals surface area contributed by atoms with Crippen molar-refractivity contribution in [1.82, 2.24) is 9.80 Å². The Morgan fingerprint density at radius 2 is 1.76 bits per heavy atom. The van der Waals surface area contributed by atoms with Crippen molar-refractivity contribution in [3.8, 4) is 0 Å². The number of rotatable bonds is 2. The maximum Gasteiger partial charge on any atom is 0.411 e. The monoisotopic (exact) mass is 516 g/mol. The fraction of sp³-hybridized carbons (Fsp3) is 0.667. The number of fused-ring (bicyclic) bond motifs is 2. The fourth-order valence-corrected chi connectivity index (χ4v) is 5.57. The number of carbonyl (C=O) groups is 3. The van der Waals surface area contributed by atoms with E-state index in [4.69, 9.17) is 15.3 Å². The zero-order chi connectivity index (χ0) is 26.7. The van der Waals surface area contributed by atoms with Crippen LogP contribution in [0.2, 0.25) is 0 Å². The number of anilines is 1. The molecule has 3 N–H and O–H groups in total. The highest BCUT2D eigenvalue weighted by atomic mass is 16.6. The number of benzene rings is 1. The Balaban J connectivity index is 1.80. The smallest absolute Gasteiger partial charge is 0.411 e. The molecule has 2 amide bonds. The van der Waals surface area contributed by atoms with E-state index in [1.165, 1.54) is 4.90 Å². The standard InChI is InChI=1S/C27H40N4O6/c1-27(2,3)37-26(35)30(19-12-6-4-5-7-13-19)21-17-18-11-8-9-14-20(18)31(28)24(33)23(32)29-16-10-15-22(29)36-25(21)34/h8-9,11,14,19,21-23,32H,4-7,10,12-13,15-17,28H2,1-3H3. The van der Waals surface area contributed by atoms with Crippen molar-refractivity contribution in [3.63, 3.8) is 0 Å². The molecule has 2 aliphatic heterocycles. The zero-order valence-electron chi connectivity index (χ0n) is 22.1. The second kappa shape index (κ2) is 11.4. The van der Waals surface area contributed by atoms with Crippen LogP contribution in [0.4, 0.5) is 10.5 Å². The molecule has 1 aromatic carbocycles. The normalized spacial score (nSPS) is 26.4. The second-order valence-corrected chi connectivity index (χ2v) is 11.2. The highest BCUT2D eigenvalue weighted by molar-refractivity contribution is 5.96. The number of amides is 2. The van der Waals surface area contributed by atoms with Crippen LogP contribution >= 0.6 is 0 Å². The Hall–Kier alpha value is -2.69. The molecule has 2 fully saturated rings. The summed E-state index contributed by atoms with van der Waals surface area (Å²) < 4.78 is 11.8. The summed E-state index contributed by atoms with van der Waals surface area (Å²) in [6.45, 7) is 5.79. The summed E-state index contributed by atoms with van der Waals surface area (Å²) in [4.78, 5) is 43.7. The van der Waals surface area contributed by atoms with Gasteiger partial charge in [0.15, 0.2) is 12.5 Å². The van der Waals surface area contributed by atoms with Gasteiger partial charge in [0.05, 0.1) is 5.69 Å². The lowest BCUT2D eigenvalue weighted by molar-refractivity contribution is -0.175. The van der Waals surface area contributed by atoms with E-state index in [1.54, 1.807) is 49.9 Å². The molecule has 37 heavy (non-hydrogen) atoms.